The second kappa shape index (κ2) is 8.96. The van der Waals surface area contributed by atoms with Gasteiger partial charge < -0.3 is 15.4 Å². The highest BCUT2D eigenvalue weighted by Gasteiger charge is 2.11. The molecule has 0 atom stereocenters. The Morgan fingerprint density at radius 1 is 1.11 bits per heavy atom. The van der Waals surface area contributed by atoms with Gasteiger partial charge in [-0.15, -0.1) is 0 Å². The van der Waals surface area contributed by atoms with Crippen LogP contribution in [0.25, 0.3) is 0 Å². The molecular formula is C20H17ClN4O3. The van der Waals surface area contributed by atoms with E-state index >= 15 is 0 Å². The van der Waals surface area contributed by atoms with E-state index in [2.05, 4.69) is 25.3 Å². The van der Waals surface area contributed by atoms with Crippen LogP contribution >= 0.6 is 11.6 Å². The van der Waals surface area contributed by atoms with Crippen molar-refractivity contribution in [1.29, 1.82) is 0 Å². The Balaban J connectivity index is 1.69. The fourth-order valence-electron chi connectivity index (χ4n) is 2.42. The van der Waals surface area contributed by atoms with E-state index in [9.17, 15) is 9.59 Å². The third-order valence-corrected chi connectivity index (χ3v) is 4.19. The molecule has 0 aliphatic carbocycles. The Hall–Kier alpha value is -3.45. The van der Waals surface area contributed by atoms with Crippen molar-refractivity contribution >= 4 is 35.1 Å². The van der Waals surface area contributed by atoms with Gasteiger partial charge in [-0.25, -0.2) is 14.8 Å². The fourth-order valence-corrected chi connectivity index (χ4v) is 2.63. The van der Waals surface area contributed by atoms with Crippen LogP contribution < -0.4 is 10.6 Å². The van der Waals surface area contributed by atoms with Gasteiger partial charge in [0.1, 0.15) is 5.69 Å². The van der Waals surface area contributed by atoms with Crippen molar-refractivity contribution in [3.8, 4) is 0 Å². The first-order valence-corrected chi connectivity index (χ1v) is 8.74. The fraction of sp³-hybridized carbons (Fsp3) is 0.100. The maximum atomic E-state index is 12.5. The molecule has 2 N–H and O–H groups in total. The van der Waals surface area contributed by atoms with E-state index in [1.54, 1.807) is 24.3 Å². The Morgan fingerprint density at radius 3 is 2.71 bits per heavy atom. The predicted octanol–water partition coefficient (Wildman–Crippen LogP) is 3.78. The zero-order valence-corrected chi connectivity index (χ0v) is 15.7. The Morgan fingerprint density at radius 2 is 1.93 bits per heavy atom. The molecule has 0 aliphatic heterocycles. The van der Waals surface area contributed by atoms with Crippen LogP contribution in [0.5, 0.6) is 0 Å². The number of hydrogen-bond acceptors (Lipinski definition) is 6. The number of anilines is 2. The molecule has 0 saturated carbocycles. The number of benzene rings is 2. The van der Waals surface area contributed by atoms with Crippen molar-refractivity contribution in [2.24, 2.45) is 0 Å². The third kappa shape index (κ3) is 4.83. The van der Waals surface area contributed by atoms with Crippen molar-refractivity contribution < 1.29 is 14.3 Å². The minimum absolute atomic E-state index is 0.181. The molecule has 3 aromatic rings. The first kappa shape index (κ1) is 19.3. The summed E-state index contributed by atoms with van der Waals surface area (Å²) in [5, 5.41) is 6.38. The van der Waals surface area contributed by atoms with Gasteiger partial charge in [-0.2, -0.15) is 0 Å². The molecule has 8 heteroatoms. The normalized spacial score (nSPS) is 10.2. The number of carbonyl (C=O) groups is 2. The van der Waals surface area contributed by atoms with Gasteiger partial charge in [-0.3, -0.25) is 4.79 Å². The number of nitrogens with one attached hydrogen (secondary N) is 2. The SMILES string of the molecule is COC(=O)c1cccc(NC(=O)c2ccnc(NCc3ccccc3Cl)n2)c1. The second-order valence-electron chi connectivity index (χ2n) is 5.74. The molecule has 0 aliphatic rings. The maximum Gasteiger partial charge on any atom is 0.337 e. The van der Waals surface area contributed by atoms with Crippen LogP contribution in [0.15, 0.2) is 60.8 Å². The summed E-state index contributed by atoms with van der Waals surface area (Å²) in [6.07, 6.45) is 1.49. The molecular weight excluding hydrogens is 380 g/mol. The minimum atomic E-state index is -0.482. The van der Waals surface area contributed by atoms with Crippen LogP contribution in [0.1, 0.15) is 26.4 Å². The van der Waals surface area contributed by atoms with Crippen molar-refractivity contribution in [1.82, 2.24) is 9.97 Å². The summed E-state index contributed by atoms with van der Waals surface area (Å²) in [6, 6.07) is 15.4. The Labute approximate surface area is 166 Å². The van der Waals surface area contributed by atoms with Gasteiger partial charge in [0.15, 0.2) is 0 Å². The number of carbonyl (C=O) groups excluding carboxylic acids is 2. The lowest BCUT2D eigenvalue weighted by atomic mass is 10.2. The largest absolute Gasteiger partial charge is 0.465 e. The average Bonchev–Trinajstić information content (AvgIpc) is 2.73. The summed E-state index contributed by atoms with van der Waals surface area (Å²) in [5.74, 6) is -0.606. The molecule has 0 saturated heterocycles. The summed E-state index contributed by atoms with van der Waals surface area (Å²) in [6.45, 7) is 0.423. The van der Waals surface area contributed by atoms with Gasteiger partial charge in [0.2, 0.25) is 5.95 Å². The summed E-state index contributed by atoms with van der Waals surface area (Å²) >= 11 is 6.13. The monoisotopic (exact) mass is 396 g/mol. The highest BCUT2D eigenvalue weighted by atomic mass is 35.5. The summed E-state index contributed by atoms with van der Waals surface area (Å²) < 4.78 is 4.68. The number of halogens is 1. The molecule has 0 radical (unpaired) electrons. The maximum absolute atomic E-state index is 12.5. The molecule has 1 amide bonds. The van der Waals surface area contributed by atoms with Gasteiger partial charge in [-0.1, -0.05) is 35.9 Å². The quantitative estimate of drug-likeness (QED) is 0.616. The first-order chi connectivity index (χ1) is 13.6. The van der Waals surface area contributed by atoms with E-state index in [0.29, 0.717) is 28.8 Å². The van der Waals surface area contributed by atoms with Crippen LogP contribution in [0.2, 0.25) is 5.02 Å². The van der Waals surface area contributed by atoms with Crippen LogP contribution in [-0.4, -0.2) is 29.0 Å². The van der Waals surface area contributed by atoms with Gasteiger partial charge >= 0.3 is 5.97 Å². The number of rotatable bonds is 6. The highest BCUT2D eigenvalue weighted by Crippen LogP contribution is 2.16. The predicted molar refractivity (Wildman–Crippen MR) is 107 cm³/mol. The van der Waals surface area contributed by atoms with E-state index in [1.165, 1.54) is 25.4 Å². The summed E-state index contributed by atoms with van der Waals surface area (Å²) in [5.41, 5.74) is 1.87. The summed E-state index contributed by atoms with van der Waals surface area (Å²) in [4.78, 5) is 32.4. The van der Waals surface area contributed by atoms with Crippen molar-refractivity contribution in [3.05, 3.63) is 82.6 Å². The number of nitrogens with zero attached hydrogens (tertiary/aromatic N) is 2. The molecule has 0 spiro atoms. The van der Waals surface area contributed by atoms with Gasteiger partial charge in [0.05, 0.1) is 12.7 Å². The molecule has 1 heterocycles. The van der Waals surface area contributed by atoms with Crippen LogP contribution in [0, 0.1) is 0 Å². The molecule has 7 nitrogen and oxygen atoms in total. The Bertz CT molecular complexity index is 1010. The lowest BCUT2D eigenvalue weighted by molar-refractivity contribution is 0.0600. The molecule has 142 valence electrons. The number of ether oxygens (including phenoxy) is 1. The van der Waals surface area contributed by atoms with Gasteiger partial charge in [0.25, 0.3) is 5.91 Å². The van der Waals surface area contributed by atoms with Gasteiger partial charge in [0, 0.05) is 23.5 Å². The number of esters is 1. The Kier molecular flexibility index (Phi) is 6.18. The van der Waals surface area contributed by atoms with Crippen LogP contribution in [0.3, 0.4) is 0 Å². The molecule has 0 fully saturated rings. The lowest BCUT2D eigenvalue weighted by Crippen LogP contribution is -2.15. The lowest BCUT2D eigenvalue weighted by Gasteiger charge is -2.09. The first-order valence-electron chi connectivity index (χ1n) is 8.37. The van der Waals surface area contributed by atoms with E-state index in [1.807, 2.05) is 18.2 Å². The molecule has 1 aromatic heterocycles. The molecule has 0 bridgehead atoms. The van der Waals surface area contributed by atoms with Crippen molar-refractivity contribution in [2.45, 2.75) is 6.54 Å². The van der Waals surface area contributed by atoms with Crippen molar-refractivity contribution in [2.75, 3.05) is 17.7 Å². The van der Waals surface area contributed by atoms with E-state index in [4.69, 9.17) is 11.6 Å². The summed E-state index contributed by atoms with van der Waals surface area (Å²) in [7, 11) is 1.30. The minimum Gasteiger partial charge on any atom is -0.465 e. The van der Waals surface area contributed by atoms with E-state index < -0.39 is 11.9 Å². The number of hydrogen-bond donors (Lipinski definition) is 2. The van der Waals surface area contributed by atoms with Crippen LogP contribution in [-0.2, 0) is 11.3 Å². The third-order valence-electron chi connectivity index (χ3n) is 3.82. The zero-order chi connectivity index (χ0) is 19.9. The van der Waals surface area contributed by atoms with Gasteiger partial charge in [-0.05, 0) is 35.9 Å². The molecule has 3 rings (SSSR count). The highest BCUT2D eigenvalue weighted by molar-refractivity contribution is 6.31. The standard InChI is InChI=1S/C20H17ClN4O3/c1-28-19(27)13-6-4-7-15(11-13)24-18(26)17-9-10-22-20(25-17)23-12-14-5-2-3-8-16(14)21/h2-11H,12H2,1H3,(H,24,26)(H,22,23,25). The molecule has 28 heavy (non-hydrogen) atoms. The van der Waals surface area contributed by atoms with Crippen molar-refractivity contribution in [3.63, 3.8) is 0 Å². The smallest absolute Gasteiger partial charge is 0.337 e. The van der Waals surface area contributed by atoms with E-state index in [-0.39, 0.29) is 5.69 Å². The topological polar surface area (TPSA) is 93.2 Å². The van der Waals surface area contributed by atoms with E-state index in [0.717, 1.165) is 5.56 Å². The number of aromatic nitrogens is 2. The number of amides is 1. The number of methoxy groups -OCH3 is 1. The second-order valence-corrected chi connectivity index (χ2v) is 6.14. The molecule has 2 aromatic carbocycles. The zero-order valence-electron chi connectivity index (χ0n) is 15.0. The molecule has 0 unspecified atom stereocenters. The average molecular weight is 397 g/mol. The van der Waals surface area contributed by atoms with Crippen LogP contribution in [0.4, 0.5) is 11.6 Å².